The monoisotopic (exact) mass is 454 g/mol. The van der Waals surface area contributed by atoms with Gasteiger partial charge in [-0.3, -0.25) is 25.7 Å². The smallest absolute Gasteiger partial charge is 0.301 e. The van der Waals surface area contributed by atoms with Gasteiger partial charge < -0.3 is 4.74 Å². The summed E-state index contributed by atoms with van der Waals surface area (Å²) in [6, 6.07) is 14.5. The number of non-ortho nitro benzene ring substituents is 1. The van der Waals surface area contributed by atoms with E-state index >= 15 is 0 Å². The summed E-state index contributed by atoms with van der Waals surface area (Å²) in [5.74, 6) is 0.516. The minimum Gasteiger partial charge on any atom is -0.487 e. The minimum atomic E-state index is -0.719. The van der Waals surface area contributed by atoms with Gasteiger partial charge in [0.05, 0.1) is 27.2 Å². The van der Waals surface area contributed by atoms with Crippen molar-refractivity contribution in [2.45, 2.75) is 20.5 Å². The SMILES string of the molecule is Cc1cc(C)cc(COc2ccc(/C=N/Nc3ccc([N+](=O)[O-])cc3[N+](=O)[O-])cc2Cl)c1. The molecular weight excluding hydrogens is 436 g/mol. The van der Waals surface area contributed by atoms with Gasteiger partial charge in [0.1, 0.15) is 18.0 Å². The Morgan fingerprint density at radius 2 is 1.72 bits per heavy atom. The van der Waals surface area contributed by atoms with Gasteiger partial charge in [0.2, 0.25) is 0 Å². The molecule has 0 heterocycles. The fraction of sp³-hybridized carbons (Fsp3) is 0.136. The van der Waals surface area contributed by atoms with Crippen molar-refractivity contribution in [3.8, 4) is 5.75 Å². The van der Waals surface area contributed by atoms with Gasteiger partial charge in [-0.05, 0) is 49.2 Å². The van der Waals surface area contributed by atoms with E-state index in [1.54, 1.807) is 18.2 Å². The first-order chi connectivity index (χ1) is 15.2. The molecule has 0 bridgehead atoms. The molecule has 9 nitrogen and oxygen atoms in total. The Hall–Kier alpha value is -3.98. The van der Waals surface area contributed by atoms with Crippen LogP contribution in [0.4, 0.5) is 17.1 Å². The molecule has 10 heteroatoms. The summed E-state index contributed by atoms with van der Waals surface area (Å²) in [5, 5.41) is 26.3. The van der Waals surface area contributed by atoms with Crippen molar-refractivity contribution < 1.29 is 14.6 Å². The van der Waals surface area contributed by atoms with Gasteiger partial charge in [0, 0.05) is 6.07 Å². The largest absolute Gasteiger partial charge is 0.487 e. The number of nitro benzene ring substituents is 2. The first-order valence-electron chi connectivity index (χ1n) is 9.44. The van der Waals surface area contributed by atoms with Crippen LogP contribution >= 0.6 is 11.6 Å². The first kappa shape index (κ1) is 22.7. The quantitative estimate of drug-likeness (QED) is 0.261. The van der Waals surface area contributed by atoms with Crippen LogP contribution in [0.3, 0.4) is 0 Å². The highest BCUT2D eigenvalue weighted by Crippen LogP contribution is 2.29. The standard InChI is InChI=1S/C22H19ClN4O5/c1-14-7-15(2)9-17(8-14)13-32-22-6-3-16(10-19(22)23)12-24-25-20-5-4-18(26(28)29)11-21(20)27(30)31/h3-12,25H,13H2,1-2H3/b24-12+. The molecule has 0 atom stereocenters. The fourth-order valence-corrected chi connectivity index (χ4v) is 3.33. The number of hydrazone groups is 1. The summed E-state index contributed by atoms with van der Waals surface area (Å²) in [6.07, 6.45) is 1.42. The molecule has 0 saturated carbocycles. The Balaban J connectivity index is 1.68. The number of halogens is 1. The summed E-state index contributed by atoms with van der Waals surface area (Å²) in [6.45, 7) is 4.43. The van der Waals surface area contributed by atoms with Crippen LogP contribution in [0.15, 0.2) is 59.7 Å². The normalized spacial score (nSPS) is 10.8. The number of anilines is 1. The van der Waals surface area contributed by atoms with Crippen LogP contribution in [0.2, 0.25) is 5.02 Å². The zero-order valence-electron chi connectivity index (χ0n) is 17.2. The van der Waals surface area contributed by atoms with Gasteiger partial charge in [-0.1, -0.05) is 40.9 Å². The van der Waals surface area contributed by atoms with E-state index in [1.807, 2.05) is 26.0 Å². The Bertz CT molecular complexity index is 1190. The van der Waals surface area contributed by atoms with Gasteiger partial charge in [0.15, 0.2) is 0 Å². The predicted molar refractivity (Wildman–Crippen MR) is 123 cm³/mol. The highest BCUT2D eigenvalue weighted by molar-refractivity contribution is 6.32. The molecule has 0 aliphatic carbocycles. The highest BCUT2D eigenvalue weighted by atomic mass is 35.5. The lowest BCUT2D eigenvalue weighted by Gasteiger charge is -2.10. The van der Waals surface area contributed by atoms with Crippen molar-refractivity contribution in [2.24, 2.45) is 5.10 Å². The lowest BCUT2D eigenvalue weighted by atomic mass is 10.1. The second kappa shape index (κ2) is 9.88. The number of ether oxygens (including phenoxy) is 1. The Kier molecular flexibility index (Phi) is 7.01. The topological polar surface area (TPSA) is 120 Å². The van der Waals surface area contributed by atoms with E-state index in [0.29, 0.717) is 22.9 Å². The number of nitrogens with zero attached hydrogens (tertiary/aromatic N) is 3. The lowest BCUT2D eigenvalue weighted by molar-refractivity contribution is -0.393. The third-order valence-corrected chi connectivity index (χ3v) is 4.71. The van der Waals surface area contributed by atoms with Crippen molar-refractivity contribution in [1.29, 1.82) is 0 Å². The number of nitro groups is 2. The number of hydrogen-bond donors (Lipinski definition) is 1. The lowest BCUT2D eigenvalue weighted by Crippen LogP contribution is -1.99. The maximum atomic E-state index is 11.2. The summed E-state index contributed by atoms with van der Waals surface area (Å²) in [5.41, 5.74) is 5.70. The van der Waals surface area contributed by atoms with Crippen molar-refractivity contribution in [3.05, 3.63) is 102 Å². The third kappa shape index (κ3) is 5.79. The summed E-state index contributed by atoms with van der Waals surface area (Å²) >= 11 is 6.31. The summed E-state index contributed by atoms with van der Waals surface area (Å²) in [7, 11) is 0. The molecule has 3 aromatic rings. The molecule has 32 heavy (non-hydrogen) atoms. The van der Waals surface area contributed by atoms with Gasteiger partial charge in [-0.15, -0.1) is 0 Å². The van der Waals surface area contributed by atoms with Crippen LogP contribution in [0.5, 0.6) is 5.75 Å². The minimum absolute atomic E-state index is 0.0244. The molecule has 3 rings (SSSR count). The summed E-state index contributed by atoms with van der Waals surface area (Å²) < 4.78 is 5.81. The molecule has 3 aromatic carbocycles. The van der Waals surface area contributed by atoms with Gasteiger partial charge in [-0.25, -0.2) is 0 Å². The van der Waals surface area contributed by atoms with E-state index in [-0.39, 0.29) is 11.4 Å². The second-order valence-corrected chi connectivity index (χ2v) is 7.47. The average molecular weight is 455 g/mol. The number of nitrogens with one attached hydrogen (secondary N) is 1. The van der Waals surface area contributed by atoms with Crippen molar-refractivity contribution in [2.75, 3.05) is 5.43 Å². The van der Waals surface area contributed by atoms with Crippen LogP contribution in [0, 0.1) is 34.1 Å². The number of rotatable bonds is 8. The van der Waals surface area contributed by atoms with Crippen LogP contribution < -0.4 is 10.2 Å². The van der Waals surface area contributed by atoms with Crippen LogP contribution in [-0.2, 0) is 6.61 Å². The molecule has 164 valence electrons. The first-order valence-corrected chi connectivity index (χ1v) is 9.82. The van der Waals surface area contributed by atoms with Gasteiger partial charge in [0.25, 0.3) is 5.69 Å². The molecule has 0 radical (unpaired) electrons. The van der Waals surface area contributed by atoms with E-state index < -0.39 is 15.5 Å². The number of benzene rings is 3. The maximum absolute atomic E-state index is 11.2. The Labute approximate surface area is 188 Å². The van der Waals surface area contributed by atoms with Crippen molar-refractivity contribution >= 4 is 34.9 Å². The second-order valence-electron chi connectivity index (χ2n) is 7.06. The molecule has 0 unspecified atom stereocenters. The molecule has 0 amide bonds. The average Bonchev–Trinajstić information content (AvgIpc) is 2.72. The van der Waals surface area contributed by atoms with Crippen LogP contribution in [0.1, 0.15) is 22.3 Å². The van der Waals surface area contributed by atoms with Gasteiger partial charge in [-0.2, -0.15) is 5.10 Å². The molecule has 1 N–H and O–H groups in total. The van der Waals surface area contributed by atoms with E-state index in [2.05, 4.69) is 16.6 Å². The van der Waals surface area contributed by atoms with E-state index in [1.165, 1.54) is 12.3 Å². The molecule has 0 aliphatic heterocycles. The highest BCUT2D eigenvalue weighted by Gasteiger charge is 2.19. The van der Waals surface area contributed by atoms with Crippen LogP contribution in [-0.4, -0.2) is 16.1 Å². The molecule has 0 fully saturated rings. The number of hydrogen-bond acceptors (Lipinski definition) is 7. The Morgan fingerprint density at radius 3 is 2.34 bits per heavy atom. The van der Waals surface area contributed by atoms with Crippen molar-refractivity contribution in [1.82, 2.24) is 0 Å². The molecule has 0 spiro atoms. The predicted octanol–water partition coefficient (Wildman–Crippen LogP) is 5.80. The fourth-order valence-electron chi connectivity index (χ4n) is 3.08. The van der Waals surface area contributed by atoms with Crippen molar-refractivity contribution in [3.63, 3.8) is 0 Å². The molecule has 0 aromatic heterocycles. The van der Waals surface area contributed by atoms with Crippen LogP contribution in [0.25, 0.3) is 0 Å². The Morgan fingerprint density at radius 1 is 1.00 bits per heavy atom. The summed E-state index contributed by atoms with van der Waals surface area (Å²) in [4.78, 5) is 20.6. The zero-order valence-corrected chi connectivity index (χ0v) is 18.0. The van der Waals surface area contributed by atoms with E-state index in [4.69, 9.17) is 16.3 Å². The van der Waals surface area contributed by atoms with E-state index in [0.717, 1.165) is 28.8 Å². The number of aryl methyl sites for hydroxylation is 2. The maximum Gasteiger partial charge on any atom is 0.301 e. The third-order valence-electron chi connectivity index (χ3n) is 4.42. The molecule has 0 aliphatic rings. The van der Waals surface area contributed by atoms with E-state index in [9.17, 15) is 20.2 Å². The zero-order chi connectivity index (χ0) is 23.3. The van der Waals surface area contributed by atoms with Gasteiger partial charge >= 0.3 is 5.69 Å². The molecule has 0 saturated heterocycles. The molecular formula is C22H19ClN4O5.